The third kappa shape index (κ3) is 4.72. The minimum atomic E-state index is -0.179. The molecule has 1 N–H and O–H groups in total. The molecule has 2 aromatic carbocycles. The molecule has 0 fully saturated rings. The average Bonchev–Trinajstić information content (AvgIpc) is 3.25. The predicted molar refractivity (Wildman–Crippen MR) is 118 cm³/mol. The van der Waals surface area contributed by atoms with Crippen molar-refractivity contribution in [3.63, 3.8) is 0 Å². The fourth-order valence-electron chi connectivity index (χ4n) is 2.91. The average molecular weight is 423 g/mol. The maximum absolute atomic E-state index is 13.1. The van der Waals surface area contributed by atoms with Gasteiger partial charge in [-0.05, 0) is 24.1 Å². The quantitative estimate of drug-likeness (QED) is 0.362. The van der Waals surface area contributed by atoms with E-state index >= 15 is 0 Å². The van der Waals surface area contributed by atoms with E-state index in [-0.39, 0.29) is 17.2 Å². The molecular formula is C21H18N4O2S2. The topological polar surface area (TPSA) is 76.9 Å². The lowest BCUT2D eigenvalue weighted by molar-refractivity contribution is -0.113. The van der Waals surface area contributed by atoms with Crippen molar-refractivity contribution in [2.24, 2.45) is 0 Å². The van der Waals surface area contributed by atoms with Gasteiger partial charge in [-0.1, -0.05) is 54.2 Å². The number of nitrogens with one attached hydrogen (secondary N) is 1. The third-order valence-corrected chi connectivity index (χ3v) is 5.97. The third-order valence-electron chi connectivity index (χ3n) is 4.30. The first-order valence-electron chi connectivity index (χ1n) is 9.06. The predicted octanol–water partition coefficient (Wildman–Crippen LogP) is 3.83. The van der Waals surface area contributed by atoms with Gasteiger partial charge in [0.25, 0.3) is 5.56 Å². The second-order valence-corrected chi connectivity index (χ2v) is 8.12. The highest BCUT2D eigenvalue weighted by Gasteiger charge is 2.14. The zero-order chi connectivity index (χ0) is 20.1. The molecule has 8 heteroatoms. The number of aryl methyl sites for hydroxylation is 1. The van der Waals surface area contributed by atoms with Crippen LogP contribution < -0.4 is 10.9 Å². The Kier molecular flexibility index (Phi) is 6.02. The number of benzene rings is 2. The van der Waals surface area contributed by atoms with Crippen molar-refractivity contribution in [2.45, 2.75) is 18.1 Å². The lowest BCUT2D eigenvalue weighted by Crippen LogP contribution is -2.25. The maximum atomic E-state index is 13.1. The summed E-state index contributed by atoms with van der Waals surface area (Å²) < 4.78 is 1.66. The van der Waals surface area contributed by atoms with E-state index in [1.807, 2.05) is 48.5 Å². The summed E-state index contributed by atoms with van der Waals surface area (Å²) >= 11 is 2.62. The van der Waals surface area contributed by atoms with E-state index in [2.05, 4.69) is 15.3 Å². The molecule has 146 valence electrons. The summed E-state index contributed by atoms with van der Waals surface area (Å²) in [6, 6.07) is 17.3. The fourth-order valence-corrected chi connectivity index (χ4v) is 4.28. The largest absolute Gasteiger partial charge is 0.301 e. The first kappa shape index (κ1) is 19.4. The van der Waals surface area contributed by atoms with E-state index in [1.165, 1.54) is 23.1 Å². The van der Waals surface area contributed by atoms with Crippen LogP contribution in [0.3, 0.4) is 0 Å². The van der Waals surface area contributed by atoms with Gasteiger partial charge in [-0.25, -0.2) is 9.97 Å². The molecule has 0 unspecified atom stereocenters. The zero-order valence-corrected chi connectivity index (χ0v) is 17.1. The summed E-state index contributed by atoms with van der Waals surface area (Å²) in [4.78, 5) is 34.0. The molecule has 0 aliphatic rings. The van der Waals surface area contributed by atoms with Crippen molar-refractivity contribution < 1.29 is 4.79 Å². The molecular weight excluding hydrogens is 404 g/mol. The van der Waals surface area contributed by atoms with Crippen molar-refractivity contribution in [3.8, 4) is 0 Å². The lowest BCUT2D eigenvalue weighted by atomic mass is 10.1. The molecule has 2 heterocycles. The number of hydrogen-bond acceptors (Lipinski definition) is 6. The number of nitrogens with zero attached hydrogens (tertiary/aromatic N) is 3. The van der Waals surface area contributed by atoms with E-state index < -0.39 is 0 Å². The number of thioether (sulfide) groups is 1. The van der Waals surface area contributed by atoms with Gasteiger partial charge in [0, 0.05) is 18.1 Å². The summed E-state index contributed by atoms with van der Waals surface area (Å²) in [5.41, 5.74) is 1.69. The Bertz CT molecular complexity index is 1170. The molecule has 0 aliphatic heterocycles. The number of aromatic nitrogens is 3. The van der Waals surface area contributed by atoms with E-state index in [0.29, 0.717) is 34.2 Å². The molecule has 4 aromatic rings. The van der Waals surface area contributed by atoms with Crippen molar-refractivity contribution in [2.75, 3.05) is 11.1 Å². The molecule has 6 nitrogen and oxygen atoms in total. The first-order chi connectivity index (χ1) is 14.2. The van der Waals surface area contributed by atoms with Gasteiger partial charge < -0.3 is 5.32 Å². The van der Waals surface area contributed by atoms with E-state index in [4.69, 9.17) is 0 Å². The second-order valence-electron chi connectivity index (χ2n) is 6.28. The minimum Gasteiger partial charge on any atom is -0.301 e. The molecule has 0 saturated heterocycles. The van der Waals surface area contributed by atoms with Gasteiger partial charge in [0.15, 0.2) is 10.3 Å². The number of hydrogen-bond donors (Lipinski definition) is 1. The van der Waals surface area contributed by atoms with E-state index in [0.717, 1.165) is 5.56 Å². The number of anilines is 1. The number of amides is 1. The van der Waals surface area contributed by atoms with E-state index in [9.17, 15) is 9.59 Å². The Labute approximate surface area is 175 Å². The standard InChI is InChI=1S/C21H18N4O2S2/c26-18(24-20-22-11-13-28-20)14-29-21-23-17-9-5-4-8-16(17)19(27)25(21)12-10-15-6-2-1-3-7-15/h1-9,11,13H,10,12,14H2,(H,22,24,26). The highest BCUT2D eigenvalue weighted by Crippen LogP contribution is 2.19. The maximum Gasteiger partial charge on any atom is 0.262 e. The van der Waals surface area contributed by atoms with Crippen molar-refractivity contribution in [1.82, 2.24) is 14.5 Å². The number of carbonyl (C=O) groups excluding carboxylic acids is 1. The van der Waals surface area contributed by atoms with Crippen LogP contribution in [0.5, 0.6) is 0 Å². The van der Waals surface area contributed by atoms with Crippen molar-refractivity contribution >= 4 is 45.0 Å². The van der Waals surface area contributed by atoms with Crippen LogP contribution in [-0.4, -0.2) is 26.2 Å². The van der Waals surface area contributed by atoms with Gasteiger partial charge in [0.05, 0.1) is 16.7 Å². The highest BCUT2D eigenvalue weighted by molar-refractivity contribution is 7.99. The van der Waals surface area contributed by atoms with Crippen LogP contribution in [0, 0.1) is 0 Å². The van der Waals surface area contributed by atoms with Gasteiger partial charge in [-0.2, -0.15) is 0 Å². The Morgan fingerprint density at radius 2 is 1.90 bits per heavy atom. The SMILES string of the molecule is O=C(CSc1nc2ccccc2c(=O)n1CCc1ccccc1)Nc1nccs1. The van der Waals surface area contributed by atoms with Crippen LogP contribution in [0.2, 0.25) is 0 Å². The van der Waals surface area contributed by atoms with Crippen LogP contribution >= 0.6 is 23.1 Å². The lowest BCUT2D eigenvalue weighted by Gasteiger charge is -2.13. The van der Waals surface area contributed by atoms with Gasteiger partial charge in [-0.15, -0.1) is 11.3 Å². The van der Waals surface area contributed by atoms with Gasteiger partial charge in [-0.3, -0.25) is 14.2 Å². The van der Waals surface area contributed by atoms with Crippen LogP contribution in [0.1, 0.15) is 5.56 Å². The highest BCUT2D eigenvalue weighted by atomic mass is 32.2. The summed E-state index contributed by atoms with van der Waals surface area (Å²) in [6.45, 7) is 0.497. The van der Waals surface area contributed by atoms with Gasteiger partial charge >= 0.3 is 0 Å². The molecule has 4 rings (SSSR count). The number of carbonyl (C=O) groups is 1. The Morgan fingerprint density at radius 3 is 2.69 bits per heavy atom. The van der Waals surface area contributed by atoms with Crippen LogP contribution in [0.15, 0.2) is 76.1 Å². The molecule has 0 atom stereocenters. The molecule has 0 aliphatic carbocycles. The Morgan fingerprint density at radius 1 is 1.10 bits per heavy atom. The zero-order valence-electron chi connectivity index (χ0n) is 15.4. The molecule has 1 amide bonds. The summed E-state index contributed by atoms with van der Waals surface area (Å²) in [6.07, 6.45) is 2.35. The molecule has 29 heavy (non-hydrogen) atoms. The van der Waals surface area contributed by atoms with Crippen LogP contribution in [-0.2, 0) is 17.8 Å². The molecule has 0 radical (unpaired) electrons. The normalized spacial score (nSPS) is 10.9. The second kappa shape index (κ2) is 9.02. The first-order valence-corrected chi connectivity index (χ1v) is 10.9. The monoisotopic (exact) mass is 422 g/mol. The smallest absolute Gasteiger partial charge is 0.262 e. The van der Waals surface area contributed by atoms with Crippen molar-refractivity contribution in [3.05, 3.63) is 82.1 Å². The molecule has 2 aromatic heterocycles. The van der Waals surface area contributed by atoms with Crippen LogP contribution in [0.25, 0.3) is 10.9 Å². The number of rotatable bonds is 7. The Hall–Kier alpha value is -2.97. The van der Waals surface area contributed by atoms with E-state index in [1.54, 1.807) is 22.2 Å². The Balaban J connectivity index is 1.58. The number of fused-ring (bicyclic) bond motifs is 1. The van der Waals surface area contributed by atoms with Gasteiger partial charge in [0.1, 0.15) is 0 Å². The van der Waals surface area contributed by atoms with Crippen LogP contribution in [0.4, 0.5) is 5.13 Å². The summed E-state index contributed by atoms with van der Waals surface area (Å²) in [5.74, 6) is -0.0302. The number of para-hydroxylation sites is 1. The minimum absolute atomic E-state index is 0.0886. The van der Waals surface area contributed by atoms with Gasteiger partial charge in [0.2, 0.25) is 5.91 Å². The fraction of sp³-hybridized carbons (Fsp3) is 0.143. The molecule has 0 saturated carbocycles. The molecule has 0 spiro atoms. The number of thiazole rings is 1. The van der Waals surface area contributed by atoms with Crippen molar-refractivity contribution in [1.29, 1.82) is 0 Å². The summed E-state index contributed by atoms with van der Waals surface area (Å²) in [7, 11) is 0. The molecule has 0 bridgehead atoms. The summed E-state index contributed by atoms with van der Waals surface area (Å²) in [5, 5.41) is 6.23.